The van der Waals surface area contributed by atoms with Crippen molar-refractivity contribution in [3.63, 3.8) is 0 Å². The van der Waals surface area contributed by atoms with Gasteiger partial charge in [0.1, 0.15) is 0 Å². The molecule has 0 fully saturated rings. The molecule has 0 aliphatic heterocycles. The number of rotatable bonds is 4. The van der Waals surface area contributed by atoms with Crippen LogP contribution in [0.15, 0.2) is 73.1 Å². The molecule has 0 saturated heterocycles. The molecule has 1 aromatic heterocycles. The van der Waals surface area contributed by atoms with Crippen molar-refractivity contribution in [1.29, 1.82) is 0 Å². The normalized spacial score (nSPS) is 10.0. The summed E-state index contributed by atoms with van der Waals surface area (Å²) in [6, 6.07) is 18.7. The number of hydrogen-bond donors (Lipinski definition) is 1. The van der Waals surface area contributed by atoms with Crippen molar-refractivity contribution in [3.8, 4) is 0 Å². The van der Waals surface area contributed by atoms with Crippen molar-refractivity contribution in [2.24, 2.45) is 0 Å². The third-order valence-corrected chi connectivity index (χ3v) is 4.28. The molecule has 1 N–H and O–H groups in total. The smallest absolute Gasteiger partial charge is 0.255 e. The van der Waals surface area contributed by atoms with E-state index in [1.807, 2.05) is 47.3 Å². The average molecular weight is 438 g/mol. The minimum Gasteiger partial charge on any atom is -1.00 e. The molecule has 0 aliphatic carbocycles. The molecule has 25 heavy (non-hydrogen) atoms. The van der Waals surface area contributed by atoms with E-state index in [0.717, 1.165) is 12.2 Å². The van der Waals surface area contributed by atoms with Gasteiger partial charge in [0.05, 0.1) is 15.7 Å². The van der Waals surface area contributed by atoms with Crippen LogP contribution in [0.4, 0.5) is 5.69 Å². The third kappa shape index (κ3) is 5.30. The van der Waals surface area contributed by atoms with Gasteiger partial charge in [0, 0.05) is 23.3 Å². The van der Waals surface area contributed by atoms with Crippen LogP contribution >= 0.6 is 23.2 Å². The first-order valence-electron chi connectivity index (χ1n) is 7.41. The fraction of sp³-hybridized carbons (Fsp3) is 0.0526. The standard InChI is InChI=1S/C19H14Cl2N2O.BrH/c20-17-7-6-15(12-18(17)21)19(24)22-16-8-10-23(11-9-16)13-14-4-2-1-3-5-14;/h1-12H,13H2;1H. The fourth-order valence-electron chi connectivity index (χ4n) is 2.28. The van der Waals surface area contributed by atoms with Gasteiger partial charge in [0.2, 0.25) is 0 Å². The lowest BCUT2D eigenvalue weighted by atomic mass is 10.2. The second-order valence-electron chi connectivity index (χ2n) is 5.33. The van der Waals surface area contributed by atoms with Gasteiger partial charge in [-0.15, -0.1) is 0 Å². The zero-order valence-corrected chi connectivity index (χ0v) is 16.2. The zero-order chi connectivity index (χ0) is 16.9. The number of aromatic nitrogens is 1. The lowest BCUT2D eigenvalue weighted by Gasteiger charge is -2.06. The van der Waals surface area contributed by atoms with Crippen LogP contribution in [0, 0.1) is 0 Å². The van der Waals surface area contributed by atoms with Crippen LogP contribution in [0.1, 0.15) is 15.9 Å². The van der Waals surface area contributed by atoms with Gasteiger partial charge in [-0.05, 0) is 18.2 Å². The Hall–Kier alpha value is -1.88. The Bertz CT molecular complexity index is 855. The van der Waals surface area contributed by atoms with E-state index in [9.17, 15) is 4.79 Å². The van der Waals surface area contributed by atoms with Crippen LogP contribution in [0.5, 0.6) is 0 Å². The highest BCUT2D eigenvalue weighted by molar-refractivity contribution is 6.42. The van der Waals surface area contributed by atoms with E-state index in [2.05, 4.69) is 17.4 Å². The van der Waals surface area contributed by atoms with Gasteiger partial charge in [-0.1, -0.05) is 53.5 Å². The van der Waals surface area contributed by atoms with Gasteiger partial charge in [0.15, 0.2) is 18.9 Å². The average Bonchev–Trinajstić information content (AvgIpc) is 2.60. The topological polar surface area (TPSA) is 33.0 Å². The molecule has 6 heteroatoms. The number of benzene rings is 2. The molecule has 0 radical (unpaired) electrons. The summed E-state index contributed by atoms with van der Waals surface area (Å²) in [4.78, 5) is 12.2. The Morgan fingerprint density at radius 2 is 1.60 bits per heavy atom. The summed E-state index contributed by atoms with van der Waals surface area (Å²) >= 11 is 11.8. The summed E-state index contributed by atoms with van der Waals surface area (Å²) in [6.45, 7) is 0.780. The molecule has 0 bridgehead atoms. The number of nitrogens with zero attached hydrogens (tertiary/aromatic N) is 1. The maximum atomic E-state index is 12.2. The number of hydrogen-bond acceptors (Lipinski definition) is 1. The van der Waals surface area contributed by atoms with Crippen LogP contribution in [-0.4, -0.2) is 5.91 Å². The molecule has 3 aromatic rings. The number of carbonyl (C=O) groups excluding carboxylic acids is 1. The lowest BCUT2D eigenvalue weighted by molar-refractivity contribution is -0.688. The molecular formula is C19H15BrCl2N2O. The molecule has 1 heterocycles. The van der Waals surface area contributed by atoms with Crippen LogP contribution in [0.2, 0.25) is 10.0 Å². The van der Waals surface area contributed by atoms with E-state index in [-0.39, 0.29) is 22.9 Å². The molecule has 3 rings (SSSR count). The second kappa shape index (κ2) is 8.99. The SMILES string of the molecule is O=C(Nc1cc[n+](Cc2ccccc2)cc1)c1ccc(Cl)c(Cl)c1.[Br-]. The molecule has 0 aliphatic rings. The van der Waals surface area contributed by atoms with E-state index >= 15 is 0 Å². The number of halogens is 3. The monoisotopic (exact) mass is 436 g/mol. The van der Waals surface area contributed by atoms with Crippen LogP contribution in [0.3, 0.4) is 0 Å². The summed E-state index contributed by atoms with van der Waals surface area (Å²) in [5.74, 6) is -0.227. The highest BCUT2D eigenvalue weighted by atomic mass is 79.9. The first kappa shape index (κ1) is 19.4. The van der Waals surface area contributed by atoms with Crippen molar-refractivity contribution >= 4 is 34.8 Å². The fourth-order valence-corrected chi connectivity index (χ4v) is 2.58. The molecule has 0 spiro atoms. The van der Waals surface area contributed by atoms with E-state index in [0.29, 0.717) is 15.6 Å². The van der Waals surface area contributed by atoms with Gasteiger partial charge in [-0.3, -0.25) is 4.79 Å². The first-order chi connectivity index (χ1) is 11.6. The second-order valence-corrected chi connectivity index (χ2v) is 6.14. The van der Waals surface area contributed by atoms with Crippen molar-refractivity contribution in [3.05, 3.63) is 94.2 Å². The van der Waals surface area contributed by atoms with Gasteiger partial charge >= 0.3 is 0 Å². The highest BCUT2D eigenvalue weighted by Crippen LogP contribution is 2.23. The first-order valence-corrected chi connectivity index (χ1v) is 8.17. The summed E-state index contributed by atoms with van der Waals surface area (Å²) in [6.07, 6.45) is 3.86. The third-order valence-electron chi connectivity index (χ3n) is 3.54. The molecular weight excluding hydrogens is 423 g/mol. The summed E-state index contributed by atoms with van der Waals surface area (Å²) in [5, 5.41) is 3.63. The summed E-state index contributed by atoms with van der Waals surface area (Å²) in [5.41, 5.74) is 2.40. The Labute approximate surface area is 167 Å². The van der Waals surface area contributed by atoms with Crippen LogP contribution in [0.25, 0.3) is 0 Å². The molecule has 2 aromatic carbocycles. The molecule has 128 valence electrons. The predicted molar refractivity (Wildman–Crippen MR) is 96.6 cm³/mol. The number of amides is 1. The number of pyridine rings is 1. The van der Waals surface area contributed by atoms with Gasteiger partial charge in [-0.2, -0.15) is 0 Å². The van der Waals surface area contributed by atoms with E-state index in [1.165, 1.54) is 5.56 Å². The van der Waals surface area contributed by atoms with Crippen molar-refractivity contribution < 1.29 is 26.3 Å². The van der Waals surface area contributed by atoms with E-state index in [1.54, 1.807) is 18.2 Å². The Balaban J connectivity index is 0.00000225. The number of nitrogens with one attached hydrogen (secondary N) is 1. The Kier molecular flexibility index (Phi) is 7.00. The molecule has 0 unspecified atom stereocenters. The van der Waals surface area contributed by atoms with Crippen molar-refractivity contribution in [1.82, 2.24) is 0 Å². The lowest BCUT2D eigenvalue weighted by Crippen LogP contribution is -3.00. The summed E-state index contributed by atoms with van der Waals surface area (Å²) < 4.78 is 2.05. The van der Waals surface area contributed by atoms with Crippen LogP contribution < -0.4 is 26.9 Å². The Morgan fingerprint density at radius 3 is 2.24 bits per heavy atom. The van der Waals surface area contributed by atoms with Crippen molar-refractivity contribution in [2.45, 2.75) is 6.54 Å². The highest BCUT2D eigenvalue weighted by Gasteiger charge is 2.09. The molecule has 0 atom stereocenters. The molecule has 3 nitrogen and oxygen atoms in total. The zero-order valence-electron chi connectivity index (χ0n) is 13.1. The van der Waals surface area contributed by atoms with Gasteiger partial charge in [-0.25, -0.2) is 4.57 Å². The molecule has 1 amide bonds. The van der Waals surface area contributed by atoms with E-state index in [4.69, 9.17) is 23.2 Å². The maximum Gasteiger partial charge on any atom is 0.255 e. The minimum absolute atomic E-state index is 0. The van der Waals surface area contributed by atoms with E-state index < -0.39 is 0 Å². The number of carbonyl (C=O) groups is 1. The largest absolute Gasteiger partial charge is 1.00 e. The summed E-state index contributed by atoms with van der Waals surface area (Å²) in [7, 11) is 0. The van der Waals surface area contributed by atoms with Gasteiger partial charge in [0.25, 0.3) is 5.91 Å². The minimum atomic E-state index is -0.227. The maximum absolute atomic E-state index is 12.2. The predicted octanol–water partition coefficient (Wildman–Crippen LogP) is 1.59. The van der Waals surface area contributed by atoms with Crippen molar-refractivity contribution in [2.75, 3.05) is 5.32 Å². The number of anilines is 1. The quantitative estimate of drug-likeness (QED) is 0.617. The Morgan fingerprint density at radius 1 is 0.920 bits per heavy atom. The van der Waals surface area contributed by atoms with Crippen LogP contribution in [-0.2, 0) is 6.54 Å². The molecule has 0 saturated carbocycles. The van der Waals surface area contributed by atoms with Gasteiger partial charge < -0.3 is 22.3 Å².